The molecule has 2 N–H and O–H groups in total. The summed E-state index contributed by atoms with van der Waals surface area (Å²) in [7, 11) is 1.94. The number of hydrogen-bond donors (Lipinski definition) is 2. The van der Waals surface area contributed by atoms with Gasteiger partial charge in [-0.15, -0.1) is 26.3 Å². The first kappa shape index (κ1) is 31.7. The summed E-state index contributed by atoms with van der Waals surface area (Å²) in [6.07, 6.45) is 18.0. The van der Waals surface area contributed by atoms with Gasteiger partial charge in [0.2, 0.25) is 0 Å². The molecule has 0 bridgehead atoms. The van der Waals surface area contributed by atoms with Crippen LogP contribution in [0.4, 0.5) is 5.69 Å². The van der Waals surface area contributed by atoms with E-state index in [0.29, 0.717) is 0 Å². The molecule has 2 aliphatic rings. The summed E-state index contributed by atoms with van der Waals surface area (Å²) in [5.74, 6) is 1.02. The van der Waals surface area contributed by atoms with Crippen molar-refractivity contribution in [1.82, 2.24) is 19.8 Å². The zero-order valence-electron chi connectivity index (χ0n) is 23.5. The quantitative estimate of drug-likeness (QED) is 0.306. The van der Waals surface area contributed by atoms with Crippen molar-refractivity contribution in [3.05, 3.63) is 68.7 Å². The van der Waals surface area contributed by atoms with E-state index in [2.05, 4.69) is 73.4 Å². The molecule has 5 heteroatoms. The number of rotatable bonds is 7. The minimum atomic E-state index is 0.863. The number of nitrogens with zero attached hydrogens (tertiary/aromatic N) is 3. The van der Waals surface area contributed by atoms with Crippen molar-refractivity contribution in [2.24, 2.45) is 5.92 Å². The molecule has 1 aliphatic carbocycles. The molecule has 1 saturated heterocycles. The maximum Gasteiger partial charge on any atom is 0.0899 e. The molecule has 4 rings (SSSR count). The normalized spacial score (nSPS) is 18.4. The second-order valence-corrected chi connectivity index (χ2v) is 9.87. The summed E-state index contributed by atoms with van der Waals surface area (Å²) in [4.78, 5) is 2.76. The predicted octanol–water partition coefficient (Wildman–Crippen LogP) is 7.61. The lowest BCUT2D eigenvalue weighted by Gasteiger charge is -2.35. The highest BCUT2D eigenvalue weighted by Gasteiger charge is 2.22. The zero-order valence-corrected chi connectivity index (χ0v) is 23.5. The number of hydrogen-bond acceptors (Lipinski definition) is 4. The summed E-state index contributed by atoms with van der Waals surface area (Å²) in [5, 5.41) is 10.7. The van der Waals surface area contributed by atoms with Crippen LogP contribution in [0.15, 0.2) is 63.1 Å². The third-order valence-corrected chi connectivity index (χ3v) is 7.07. The number of likely N-dealkylation sites (tertiary alicyclic amines) is 1. The number of pyridine rings is 1. The second-order valence-electron chi connectivity index (χ2n) is 9.87. The summed E-state index contributed by atoms with van der Waals surface area (Å²) in [6.45, 7) is 24.2. The van der Waals surface area contributed by atoms with Crippen molar-refractivity contribution in [3.63, 3.8) is 0 Å². The lowest BCUT2D eigenvalue weighted by Crippen LogP contribution is -2.40. The fourth-order valence-electron chi connectivity index (χ4n) is 5.02. The van der Waals surface area contributed by atoms with Crippen LogP contribution >= 0.6 is 0 Å². The second kappa shape index (κ2) is 18.8. The highest BCUT2D eigenvalue weighted by Crippen LogP contribution is 2.26. The van der Waals surface area contributed by atoms with Crippen molar-refractivity contribution in [2.75, 3.05) is 32.0 Å². The largest absolute Gasteiger partial charge is 0.356 e. The van der Waals surface area contributed by atoms with Crippen molar-refractivity contribution >= 4 is 11.2 Å². The van der Waals surface area contributed by atoms with Crippen LogP contribution in [-0.2, 0) is 0 Å². The first-order valence-corrected chi connectivity index (χ1v) is 13.8. The monoisotopic (exact) mass is 495 g/mol. The molecule has 2 aromatic heterocycles. The Balaban J connectivity index is 0.000000318. The fraction of sp³-hybridized carbons (Fsp3) is 0.581. The van der Waals surface area contributed by atoms with Crippen molar-refractivity contribution in [2.45, 2.75) is 84.1 Å². The third kappa shape index (κ3) is 11.1. The van der Waals surface area contributed by atoms with Crippen LogP contribution in [0.3, 0.4) is 0 Å². The van der Waals surface area contributed by atoms with E-state index in [-0.39, 0.29) is 0 Å². The molecule has 0 radical (unpaired) electrons. The average Bonchev–Trinajstić information content (AvgIpc) is 3.11. The van der Waals surface area contributed by atoms with E-state index in [1.165, 1.54) is 76.4 Å². The minimum Gasteiger partial charge on any atom is -0.356 e. The Morgan fingerprint density at radius 2 is 1.69 bits per heavy atom. The summed E-state index contributed by atoms with van der Waals surface area (Å²) in [6, 6.07) is 5.02. The lowest BCUT2D eigenvalue weighted by atomic mass is 9.96. The summed E-state index contributed by atoms with van der Waals surface area (Å²) < 4.78 is 1.86. The van der Waals surface area contributed by atoms with E-state index in [1.54, 1.807) is 0 Å². The van der Waals surface area contributed by atoms with E-state index >= 15 is 0 Å². The van der Waals surface area contributed by atoms with Gasteiger partial charge < -0.3 is 15.5 Å². The topological polar surface area (TPSA) is 44.6 Å². The lowest BCUT2D eigenvalue weighted by molar-refractivity contribution is 0.131. The first-order chi connectivity index (χ1) is 17.6. The van der Waals surface area contributed by atoms with Crippen LogP contribution in [0.2, 0.25) is 0 Å². The van der Waals surface area contributed by atoms with Gasteiger partial charge in [0.25, 0.3) is 0 Å². The number of nitrogens with one attached hydrogen (secondary N) is 2. The molecule has 0 aromatic carbocycles. The molecule has 2 fully saturated rings. The molecule has 36 heavy (non-hydrogen) atoms. The Hall–Kier alpha value is -2.37. The van der Waals surface area contributed by atoms with Gasteiger partial charge in [-0.3, -0.25) is 0 Å². The average molecular weight is 496 g/mol. The van der Waals surface area contributed by atoms with E-state index in [9.17, 15) is 0 Å². The van der Waals surface area contributed by atoms with Crippen molar-refractivity contribution in [3.8, 4) is 0 Å². The molecule has 2 aromatic rings. The van der Waals surface area contributed by atoms with Crippen LogP contribution in [0.5, 0.6) is 0 Å². The fourth-order valence-corrected chi connectivity index (χ4v) is 5.02. The number of aromatic nitrogens is 2. The summed E-state index contributed by atoms with van der Waals surface area (Å²) in [5.41, 5.74) is 4.31. The maximum absolute atomic E-state index is 4.29. The third-order valence-electron chi connectivity index (χ3n) is 7.07. The van der Waals surface area contributed by atoms with E-state index < -0.39 is 0 Å². The molecule has 0 spiro atoms. The molecule has 1 unspecified atom stereocenters. The smallest absolute Gasteiger partial charge is 0.0899 e. The molecular weight excluding hydrogens is 442 g/mol. The van der Waals surface area contributed by atoms with Gasteiger partial charge in [-0.05, 0) is 83.2 Å². The van der Waals surface area contributed by atoms with Crippen LogP contribution in [-0.4, -0.2) is 47.2 Å². The Morgan fingerprint density at radius 3 is 2.33 bits per heavy atom. The van der Waals surface area contributed by atoms with Crippen molar-refractivity contribution < 1.29 is 0 Å². The van der Waals surface area contributed by atoms with Crippen LogP contribution in [0.1, 0.15) is 76.7 Å². The Morgan fingerprint density at radius 1 is 1.03 bits per heavy atom. The molecule has 1 aliphatic heterocycles. The molecule has 1 saturated carbocycles. The van der Waals surface area contributed by atoms with Crippen LogP contribution in [0, 0.1) is 12.8 Å². The molecule has 202 valence electrons. The number of aryl methyl sites for hydroxylation is 1. The van der Waals surface area contributed by atoms with E-state index in [1.807, 2.05) is 30.0 Å². The van der Waals surface area contributed by atoms with Gasteiger partial charge in [-0.25, -0.2) is 4.52 Å². The Bertz CT molecular complexity index is 848. The van der Waals surface area contributed by atoms with Gasteiger partial charge in [0.05, 0.1) is 17.4 Å². The Labute approximate surface area is 221 Å². The van der Waals surface area contributed by atoms with Crippen LogP contribution < -0.4 is 10.6 Å². The zero-order chi connectivity index (χ0) is 26.8. The van der Waals surface area contributed by atoms with Gasteiger partial charge in [-0.2, -0.15) is 5.10 Å². The number of piperidine rings is 1. The van der Waals surface area contributed by atoms with E-state index in [4.69, 9.17) is 0 Å². The minimum absolute atomic E-state index is 0.863. The standard InChI is InChI=1S/C14H27N.C13H18N4.2C2H4/c1-13-8-6-7-11-15(13)12-14-9-4-2-3-5-10-14;1-10-5-7-17-13(8-10)12(9-15-17)16-11(2)4-6-14-3;2*1-2/h13-14H,2-12H2,1H3;5,7-9,14,16H,2,4,6H2,1,3H3;2*1-2H2. The van der Waals surface area contributed by atoms with Gasteiger partial charge in [0.1, 0.15) is 0 Å². The highest BCUT2D eigenvalue weighted by molar-refractivity contribution is 5.73. The maximum atomic E-state index is 4.29. The predicted molar refractivity (Wildman–Crippen MR) is 160 cm³/mol. The molecule has 0 amide bonds. The van der Waals surface area contributed by atoms with Gasteiger partial charge in [0, 0.05) is 31.0 Å². The van der Waals surface area contributed by atoms with Gasteiger partial charge in [0.15, 0.2) is 0 Å². The first-order valence-electron chi connectivity index (χ1n) is 13.8. The van der Waals surface area contributed by atoms with Crippen LogP contribution in [0.25, 0.3) is 5.52 Å². The molecule has 3 heterocycles. The number of anilines is 1. The summed E-state index contributed by atoms with van der Waals surface area (Å²) >= 11 is 0. The van der Waals surface area contributed by atoms with Gasteiger partial charge in [-0.1, -0.05) is 38.7 Å². The van der Waals surface area contributed by atoms with Crippen molar-refractivity contribution in [1.29, 1.82) is 0 Å². The van der Waals surface area contributed by atoms with Gasteiger partial charge >= 0.3 is 0 Å². The molecule has 5 nitrogen and oxygen atoms in total. The van der Waals surface area contributed by atoms with E-state index in [0.717, 1.165) is 41.8 Å². The molecular formula is C31H53N5. The molecule has 1 atom stereocenters. The Kier molecular flexibility index (Phi) is 16.6. The SMILES string of the molecule is C=C.C=C.C=C(CCNC)Nc1cnn2ccc(C)cc12.CC1CCCCN1CC1CCCCCC1. The highest BCUT2D eigenvalue weighted by atomic mass is 15.2. The number of fused-ring (bicyclic) bond motifs is 1.